The minimum atomic E-state index is -3.29. The molecule has 2 aromatic rings. The molecule has 0 unspecified atom stereocenters. The Balaban J connectivity index is 1.99. The summed E-state index contributed by atoms with van der Waals surface area (Å²) in [5.74, 6) is 0.837. The molecule has 0 N–H and O–H groups in total. The average molecular weight is 448 g/mol. The molecule has 8 heteroatoms. The molecule has 0 radical (unpaired) electrons. The van der Waals surface area contributed by atoms with Crippen molar-refractivity contribution in [1.29, 1.82) is 0 Å². The molecule has 0 aliphatic heterocycles. The first-order valence-electron chi connectivity index (χ1n) is 9.98. The van der Waals surface area contributed by atoms with Gasteiger partial charge in [-0.1, -0.05) is 0 Å². The first kappa shape index (κ1) is 24.4. The van der Waals surface area contributed by atoms with E-state index >= 15 is 0 Å². The molecule has 168 valence electrons. The van der Waals surface area contributed by atoms with Crippen molar-refractivity contribution < 1.29 is 27.5 Å². The number of sulfone groups is 1. The molecule has 0 aliphatic rings. The highest BCUT2D eigenvalue weighted by molar-refractivity contribution is 7.90. The third-order valence-corrected chi connectivity index (χ3v) is 5.82. The molecule has 0 spiro atoms. The van der Waals surface area contributed by atoms with Crippen LogP contribution < -0.4 is 14.4 Å². The standard InChI is InChI=1S/C23H29NO6S/c1-16(2)24(19-9-11-20(12-10-19)31(5,27)28)23(26)7-6-14-30-21-13-8-18(17(3)25)15-22(21)29-4/h8-13,15-16H,6-7,14H2,1-5H3. The summed E-state index contributed by atoms with van der Waals surface area (Å²) < 4.78 is 34.3. The summed E-state index contributed by atoms with van der Waals surface area (Å²) in [4.78, 5) is 26.2. The Morgan fingerprint density at radius 3 is 2.19 bits per heavy atom. The van der Waals surface area contributed by atoms with Crippen molar-refractivity contribution in [3.8, 4) is 11.5 Å². The van der Waals surface area contributed by atoms with Crippen molar-refractivity contribution in [2.75, 3.05) is 24.9 Å². The number of benzene rings is 2. The molecule has 0 atom stereocenters. The number of ketones is 1. The van der Waals surface area contributed by atoms with Gasteiger partial charge in [0.15, 0.2) is 27.1 Å². The number of rotatable bonds is 10. The van der Waals surface area contributed by atoms with Crippen LogP contribution in [-0.4, -0.2) is 46.1 Å². The molecule has 7 nitrogen and oxygen atoms in total. The molecule has 31 heavy (non-hydrogen) atoms. The summed E-state index contributed by atoms with van der Waals surface area (Å²) in [5, 5.41) is 0. The van der Waals surface area contributed by atoms with Crippen LogP contribution in [-0.2, 0) is 14.6 Å². The second kappa shape index (κ2) is 10.4. The van der Waals surface area contributed by atoms with E-state index in [9.17, 15) is 18.0 Å². The summed E-state index contributed by atoms with van der Waals surface area (Å²) in [7, 11) is -1.79. The third kappa shape index (κ3) is 6.55. The van der Waals surface area contributed by atoms with E-state index in [0.29, 0.717) is 35.8 Å². The van der Waals surface area contributed by atoms with E-state index in [1.54, 1.807) is 35.2 Å². The smallest absolute Gasteiger partial charge is 0.227 e. The number of methoxy groups -OCH3 is 1. The van der Waals surface area contributed by atoms with Crippen LogP contribution in [0.3, 0.4) is 0 Å². The number of carbonyl (C=O) groups excluding carboxylic acids is 2. The molecule has 0 aromatic heterocycles. The monoisotopic (exact) mass is 447 g/mol. The molecule has 1 amide bonds. The van der Waals surface area contributed by atoms with Crippen LogP contribution in [0, 0.1) is 0 Å². The van der Waals surface area contributed by atoms with Gasteiger partial charge in [-0.3, -0.25) is 9.59 Å². The number of ether oxygens (including phenoxy) is 2. The number of anilines is 1. The highest BCUT2D eigenvalue weighted by atomic mass is 32.2. The maximum absolute atomic E-state index is 12.8. The van der Waals surface area contributed by atoms with Crippen molar-refractivity contribution in [2.24, 2.45) is 0 Å². The molecule has 0 fully saturated rings. The largest absolute Gasteiger partial charge is 0.493 e. The minimum Gasteiger partial charge on any atom is -0.493 e. The zero-order chi connectivity index (χ0) is 23.2. The van der Waals surface area contributed by atoms with Crippen molar-refractivity contribution in [3.05, 3.63) is 48.0 Å². The zero-order valence-corrected chi connectivity index (χ0v) is 19.4. The molecule has 0 heterocycles. The number of amides is 1. The van der Waals surface area contributed by atoms with E-state index in [1.807, 2.05) is 13.8 Å². The maximum Gasteiger partial charge on any atom is 0.227 e. The second-order valence-corrected chi connectivity index (χ2v) is 9.51. The third-order valence-electron chi connectivity index (χ3n) is 4.69. The Morgan fingerprint density at radius 1 is 1.03 bits per heavy atom. The number of Topliss-reactive ketones (excluding diaryl/α,β-unsaturated/α-hetero) is 1. The Bertz CT molecular complexity index is 1030. The number of hydrogen-bond acceptors (Lipinski definition) is 6. The van der Waals surface area contributed by atoms with Crippen LogP contribution in [0.2, 0.25) is 0 Å². The van der Waals surface area contributed by atoms with Crippen molar-refractivity contribution in [2.45, 2.75) is 44.6 Å². The highest BCUT2D eigenvalue weighted by Gasteiger charge is 2.19. The summed E-state index contributed by atoms with van der Waals surface area (Å²) in [6.07, 6.45) is 1.90. The lowest BCUT2D eigenvalue weighted by Gasteiger charge is -2.27. The van der Waals surface area contributed by atoms with Crippen LogP contribution in [0.15, 0.2) is 47.4 Å². The van der Waals surface area contributed by atoms with Crippen molar-refractivity contribution in [1.82, 2.24) is 0 Å². The maximum atomic E-state index is 12.8. The topological polar surface area (TPSA) is 90.0 Å². The lowest BCUT2D eigenvalue weighted by atomic mass is 10.1. The van der Waals surface area contributed by atoms with Crippen molar-refractivity contribution >= 4 is 27.2 Å². The molecule has 0 saturated heterocycles. The summed E-state index contributed by atoms with van der Waals surface area (Å²) in [5.41, 5.74) is 1.18. The summed E-state index contributed by atoms with van der Waals surface area (Å²) >= 11 is 0. The molecule has 2 rings (SSSR count). The average Bonchev–Trinajstić information content (AvgIpc) is 2.70. The first-order chi connectivity index (χ1) is 14.5. The predicted molar refractivity (Wildman–Crippen MR) is 120 cm³/mol. The Kier molecular flexibility index (Phi) is 8.21. The van der Waals surface area contributed by atoms with Crippen LogP contribution in [0.4, 0.5) is 5.69 Å². The molecule has 0 saturated carbocycles. The highest BCUT2D eigenvalue weighted by Crippen LogP contribution is 2.28. The van der Waals surface area contributed by atoms with Gasteiger partial charge in [-0.05, 0) is 69.7 Å². The lowest BCUT2D eigenvalue weighted by molar-refractivity contribution is -0.119. The van der Waals surface area contributed by atoms with Gasteiger partial charge in [-0.2, -0.15) is 0 Å². The summed E-state index contributed by atoms with van der Waals surface area (Å²) in [6.45, 7) is 5.59. The van der Waals surface area contributed by atoms with E-state index in [0.717, 1.165) is 6.26 Å². The van der Waals surface area contributed by atoms with Gasteiger partial charge in [0.25, 0.3) is 0 Å². The second-order valence-electron chi connectivity index (χ2n) is 7.50. The van der Waals surface area contributed by atoms with Crippen LogP contribution in [0.25, 0.3) is 0 Å². The Labute approximate surface area is 183 Å². The quantitative estimate of drug-likeness (QED) is 0.405. The normalized spacial score (nSPS) is 11.3. The molecule has 0 aliphatic carbocycles. The fourth-order valence-electron chi connectivity index (χ4n) is 3.12. The lowest BCUT2D eigenvalue weighted by Crippen LogP contribution is -2.37. The van der Waals surface area contributed by atoms with E-state index in [4.69, 9.17) is 9.47 Å². The summed E-state index contributed by atoms with van der Waals surface area (Å²) in [6, 6.07) is 11.2. The van der Waals surface area contributed by atoms with E-state index in [1.165, 1.54) is 26.2 Å². The van der Waals surface area contributed by atoms with E-state index in [-0.39, 0.29) is 29.0 Å². The molecular weight excluding hydrogens is 418 g/mol. The van der Waals surface area contributed by atoms with Crippen molar-refractivity contribution in [3.63, 3.8) is 0 Å². The van der Waals surface area contributed by atoms with Gasteiger partial charge in [-0.25, -0.2) is 8.42 Å². The van der Waals surface area contributed by atoms with Gasteiger partial charge in [0.2, 0.25) is 5.91 Å². The van der Waals surface area contributed by atoms with E-state index in [2.05, 4.69) is 0 Å². The van der Waals surface area contributed by atoms with Crippen LogP contribution in [0.5, 0.6) is 11.5 Å². The number of hydrogen-bond donors (Lipinski definition) is 0. The van der Waals surface area contributed by atoms with Gasteiger partial charge >= 0.3 is 0 Å². The fraction of sp³-hybridized carbons (Fsp3) is 0.391. The van der Waals surface area contributed by atoms with Crippen LogP contribution in [0.1, 0.15) is 44.0 Å². The molecule has 2 aromatic carbocycles. The zero-order valence-electron chi connectivity index (χ0n) is 18.5. The Morgan fingerprint density at radius 2 is 1.68 bits per heavy atom. The molecule has 0 bridgehead atoms. The SMILES string of the molecule is COc1cc(C(C)=O)ccc1OCCCC(=O)N(c1ccc(S(C)(=O)=O)cc1)C(C)C. The van der Waals surface area contributed by atoms with Gasteiger partial charge in [-0.15, -0.1) is 0 Å². The van der Waals surface area contributed by atoms with Crippen LogP contribution >= 0.6 is 0 Å². The number of carbonyl (C=O) groups is 2. The fourth-order valence-corrected chi connectivity index (χ4v) is 3.75. The van der Waals surface area contributed by atoms with Gasteiger partial charge in [0.05, 0.1) is 18.6 Å². The van der Waals surface area contributed by atoms with E-state index < -0.39 is 9.84 Å². The molecular formula is C23H29NO6S. The van der Waals surface area contributed by atoms with Gasteiger partial charge < -0.3 is 14.4 Å². The van der Waals surface area contributed by atoms with Gasteiger partial charge in [0.1, 0.15) is 0 Å². The first-order valence-corrected chi connectivity index (χ1v) is 11.9. The van der Waals surface area contributed by atoms with Gasteiger partial charge in [0, 0.05) is 30.0 Å². The minimum absolute atomic E-state index is 0.0613. The number of nitrogens with zero attached hydrogens (tertiary/aromatic N) is 1. The Hall–Kier alpha value is -2.87. The predicted octanol–water partition coefficient (Wildman–Crippen LogP) is 3.90.